The van der Waals surface area contributed by atoms with Gasteiger partial charge < -0.3 is 0 Å². The number of nitrogens with one attached hydrogen (secondary N) is 2. The molecule has 1 aliphatic rings. The Labute approximate surface area is 91.6 Å². The molecule has 1 aromatic heterocycles. The van der Waals surface area contributed by atoms with E-state index in [0.717, 1.165) is 18.4 Å². The summed E-state index contributed by atoms with van der Waals surface area (Å²) in [5, 5.41) is 1.85. The van der Waals surface area contributed by atoms with E-state index in [2.05, 4.69) is 10.9 Å². The van der Waals surface area contributed by atoms with Gasteiger partial charge in [-0.15, -0.1) is 11.3 Å². The van der Waals surface area contributed by atoms with Crippen molar-refractivity contribution in [3.8, 4) is 0 Å². The Kier molecular flexibility index (Phi) is 2.73. The number of carbonyl (C=O) groups is 2. The lowest BCUT2D eigenvalue weighted by Gasteiger charge is -2.05. The SMILES string of the molecule is Cc1ccsc1C(=O)NNC(=O)C1CC1. The maximum atomic E-state index is 11.6. The Morgan fingerprint density at radius 1 is 1.40 bits per heavy atom. The average Bonchev–Trinajstić information content (AvgIpc) is 2.98. The van der Waals surface area contributed by atoms with Crippen LogP contribution in [0.1, 0.15) is 28.1 Å². The molecule has 0 aromatic carbocycles. The fraction of sp³-hybridized carbons (Fsp3) is 0.400. The Morgan fingerprint density at radius 3 is 2.67 bits per heavy atom. The van der Waals surface area contributed by atoms with E-state index in [9.17, 15) is 9.59 Å². The molecule has 0 spiro atoms. The predicted octanol–water partition coefficient (Wildman–Crippen LogP) is 1.23. The first-order valence-corrected chi connectivity index (χ1v) is 5.70. The second-order valence-electron chi connectivity index (χ2n) is 3.65. The molecular formula is C10H12N2O2S. The predicted molar refractivity (Wildman–Crippen MR) is 57.4 cm³/mol. The van der Waals surface area contributed by atoms with Gasteiger partial charge in [0.05, 0.1) is 4.88 Å². The van der Waals surface area contributed by atoms with E-state index in [-0.39, 0.29) is 17.7 Å². The van der Waals surface area contributed by atoms with Crippen LogP contribution in [-0.2, 0) is 4.79 Å². The Morgan fingerprint density at radius 2 is 2.13 bits per heavy atom. The van der Waals surface area contributed by atoms with E-state index in [0.29, 0.717) is 4.88 Å². The molecule has 4 nitrogen and oxygen atoms in total. The van der Waals surface area contributed by atoms with Crippen molar-refractivity contribution in [2.24, 2.45) is 5.92 Å². The summed E-state index contributed by atoms with van der Waals surface area (Å²) < 4.78 is 0. The second-order valence-corrected chi connectivity index (χ2v) is 4.57. The van der Waals surface area contributed by atoms with Crippen molar-refractivity contribution in [2.75, 3.05) is 0 Å². The van der Waals surface area contributed by atoms with Crippen molar-refractivity contribution in [2.45, 2.75) is 19.8 Å². The zero-order valence-corrected chi connectivity index (χ0v) is 9.19. The van der Waals surface area contributed by atoms with Gasteiger partial charge in [0.15, 0.2) is 0 Å². The van der Waals surface area contributed by atoms with Crippen molar-refractivity contribution in [1.82, 2.24) is 10.9 Å². The quantitative estimate of drug-likeness (QED) is 0.742. The molecule has 2 N–H and O–H groups in total. The summed E-state index contributed by atoms with van der Waals surface area (Å²) in [6.45, 7) is 1.87. The lowest BCUT2D eigenvalue weighted by Crippen LogP contribution is -2.42. The number of thiophene rings is 1. The van der Waals surface area contributed by atoms with Crippen molar-refractivity contribution >= 4 is 23.2 Å². The van der Waals surface area contributed by atoms with Gasteiger partial charge in [-0.05, 0) is 36.8 Å². The summed E-state index contributed by atoms with van der Waals surface area (Å²) in [4.78, 5) is 23.4. The molecule has 1 heterocycles. The first-order chi connectivity index (χ1) is 7.18. The third-order valence-corrected chi connectivity index (χ3v) is 3.33. The molecule has 0 saturated heterocycles. The van der Waals surface area contributed by atoms with Crippen LogP contribution in [0.3, 0.4) is 0 Å². The maximum absolute atomic E-state index is 11.6. The monoisotopic (exact) mass is 224 g/mol. The van der Waals surface area contributed by atoms with Gasteiger partial charge in [-0.25, -0.2) is 0 Å². The summed E-state index contributed by atoms with van der Waals surface area (Å²) in [7, 11) is 0. The Hall–Kier alpha value is -1.36. The van der Waals surface area contributed by atoms with E-state index in [1.165, 1.54) is 11.3 Å². The van der Waals surface area contributed by atoms with Gasteiger partial charge in [0.25, 0.3) is 5.91 Å². The maximum Gasteiger partial charge on any atom is 0.280 e. The first-order valence-electron chi connectivity index (χ1n) is 4.83. The molecule has 0 unspecified atom stereocenters. The van der Waals surface area contributed by atoms with Crippen molar-refractivity contribution in [3.05, 3.63) is 21.9 Å². The average molecular weight is 224 g/mol. The summed E-state index contributed by atoms with van der Waals surface area (Å²) in [5.41, 5.74) is 5.78. The van der Waals surface area contributed by atoms with Gasteiger partial charge in [-0.1, -0.05) is 0 Å². The lowest BCUT2D eigenvalue weighted by atomic mass is 10.3. The van der Waals surface area contributed by atoms with Gasteiger partial charge in [0.1, 0.15) is 0 Å². The summed E-state index contributed by atoms with van der Waals surface area (Å²) in [5.74, 6) is -0.219. The van der Waals surface area contributed by atoms with Crippen LogP contribution >= 0.6 is 11.3 Å². The van der Waals surface area contributed by atoms with Crippen LogP contribution in [0.15, 0.2) is 11.4 Å². The number of hydrazine groups is 1. The highest BCUT2D eigenvalue weighted by Crippen LogP contribution is 2.28. The Bertz CT molecular complexity index is 396. The van der Waals surface area contributed by atoms with Crippen LogP contribution < -0.4 is 10.9 Å². The minimum atomic E-state index is -0.239. The fourth-order valence-corrected chi connectivity index (χ4v) is 2.05. The molecule has 0 atom stereocenters. The first kappa shape index (κ1) is 10.2. The molecule has 80 valence electrons. The molecule has 1 aromatic rings. The van der Waals surface area contributed by atoms with E-state index in [1.54, 1.807) is 0 Å². The third kappa shape index (κ3) is 2.36. The molecule has 2 rings (SSSR count). The molecule has 0 aliphatic heterocycles. The van der Waals surface area contributed by atoms with Gasteiger partial charge >= 0.3 is 0 Å². The highest BCUT2D eigenvalue weighted by atomic mass is 32.1. The minimum Gasteiger partial charge on any atom is -0.273 e. The molecule has 0 radical (unpaired) electrons. The molecule has 1 saturated carbocycles. The topological polar surface area (TPSA) is 58.2 Å². The van der Waals surface area contributed by atoms with Gasteiger partial charge in [-0.2, -0.15) is 0 Å². The normalized spacial score (nSPS) is 14.7. The number of rotatable bonds is 2. The van der Waals surface area contributed by atoms with Crippen LogP contribution in [0.5, 0.6) is 0 Å². The fourth-order valence-electron chi connectivity index (χ4n) is 1.23. The van der Waals surface area contributed by atoms with Crippen molar-refractivity contribution in [3.63, 3.8) is 0 Å². The highest BCUT2D eigenvalue weighted by molar-refractivity contribution is 7.12. The highest BCUT2D eigenvalue weighted by Gasteiger charge is 2.29. The third-order valence-electron chi connectivity index (χ3n) is 2.32. The second kappa shape index (κ2) is 4.02. The van der Waals surface area contributed by atoms with E-state index >= 15 is 0 Å². The van der Waals surface area contributed by atoms with E-state index < -0.39 is 0 Å². The smallest absolute Gasteiger partial charge is 0.273 e. The number of hydrogen-bond acceptors (Lipinski definition) is 3. The molecule has 15 heavy (non-hydrogen) atoms. The summed E-state index contributed by atoms with van der Waals surface area (Å²) in [6, 6.07) is 1.88. The van der Waals surface area contributed by atoms with Crippen molar-refractivity contribution in [1.29, 1.82) is 0 Å². The Balaban J connectivity index is 1.87. The zero-order chi connectivity index (χ0) is 10.8. The standard InChI is InChI=1S/C10H12N2O2S/c1-6-4-5-15-8(6)10(14)12-11-9(13)7-2-3-7/h4-5,7H,2-3H2,1H3,(H,11,13)(H,12,14). The van der Waals surface area contributed by atoms with Crippen LogP contribution in [-0.4, -0.2) is 11.8 Å². The molecule has 1 fully saturated rings. The van der Waals surface area contributed by atoms with Crippen LogP contribution in [0, 0.1) is 12.8 Å². The molecule has 1 aliphatic carbocycles. The molecule has 2 amide bonds. The van der Waals surface area contributed by atoms with Gasteiger partial charge in [0, 0.05) is 5.92 Å². The summed E-state index contributed by atoms with van der Waals surface area (Å²) >= 11 is 1.37. The molecular weight excluding hydrogens is 212 g/mol. The lowest BCUT2D eigenvalue weighted by molar-refractivity contribution is -0.123. The molecule has 5 heteroatoms. The number of hydrogen-bond donors (Lipinski definition) is 2. The largest absolute Gasteiger partial charge is 0.280 e. The van der Waals surface area contributed by atoms with Crippen molar-refractivity contribution < 1.29 is 9.59 Å². The van der Waals surface area contributed by atoms with Crippen LogP contribution in [0.2, 0.25) is 0 Å². The van der Waals surface area contributed by atoms with E-state index in [4.69, 9.17) is 0 Å². The zero-order valence-electron chi connectivity index (χ0n) is 8.37. The minimum absolute atomic E-state index is 0.0856. The van der Waals surface area contributed by atoms with E-state index in [1.807, 2.05) is 18.4 Å². The van der Waals surface area contributed by atoms with Crippen LogP contribution in [0.25, 0.3) is 0 Å². The van der Waals surface area contributed by atoms with Gasteiger partial charge in [-0.3, -0.25) is 20.4 Å². The summed E-state index contributed by atoms with van der Waals surface area (Å²) in [6.07, 6.45) is 1.86. The number of amides is 2. The molecule has 0 bridgehead atoms. The number of carbonyl (C=O) groups excluding carboxylic acids is 2. The number of aryl methyl sites for hydroxylation is 1. The van der Waals surface area contributed by atoms with Crippen LogP contribution in [0.4, 0.5) is 0 Å². The van der Waals surface area contributed by atoms with Gasteiger partial charge in [0.2, 0.25) is 5.91 Å².